The second-order valence-corrected chi connectivity index (χ2v) is 6.82. The van der Waals surface area contributed by atoms with Gasteiger partial charge in [-0.1, -0.05) is 6.07 Å². The van der Waals surface area contributed by atoms with Crippen molar-refractivity contribution in [2.45, 2.75) is 25.8 Å². The summed E-state index contributed by atoms with van der Waals surface area (Å²) >= 11 is 0. The van der Waals surface area contributed by atoms with Crippen molar-refractivity contribution >= 4 is 17.7 Å². The van der Waals surface area contributed by atoms with E-state index in [1.54, 1.807) is 11.1 Å². The maximum atomic E-state index is 13.0. The van der Waals surface area contributed by atoms with Crippen molar-refractivity contribution in [2.24, 2.45) is 5.92 Å². The lowest BCUT2D eigenvalue weighted by Gasteiger charge is -2.36. The van der Waals surface area contributed by atoms with Crippen LogP contribution in [0.25, 0.3) is 0 Å². The van der Waals surface area contributed by atoms with E-state index < -0.39 is 5.97 Å². The Morgan fingerprint density at radius 3 is 2.92 bits per heavy atom. The van der Waals surface area contributed by atoms with Crippen molar-refractivity contribution in [3.05, 3.63) is 41.3 Å². The van der Waals surface area contributed by atoms with Gasteiger partial charge in [-0.2, -0.15) is 5.10 Å². The van der Waals surface area contributed by atoms with Crippen LogP contribution in [0.4, 0.5) is 5.82 Å². The third-order valence-electron chi connectivity index (χ3n) is 5.19. The summed E-state index contributed by atoms with van der Waals surface area (Å²) in [5, 5.41) is 15.9. The molecule has 0 aliphatic carbocycles. The first kappa shape index (κ1) is 16.6. The Balaban J connectivity index is 1.47. The number of hydrogen-bond acceptors (Lipinski definition) is 5. The predicted octanol–water partition coefficient (Wildman–Crippen LogP) is 1.30. The summed E-state index contributed by atoms with van der Waals surface area (Å²) < 4.78 is 0. The summed E-state index contributed by atoms with van der Waals surface area (Å²) in [5.74, 6) is -0.161. The van der Waals surface area contributed by atoms with Crippen LogP contribution in [0, 0.1) is 5.92 Å². The number of fused-ring (bicyclic) bond motifs is 1. The molecule has 1 fully saturated rings. The summed E-state index contributed by atoms with van der Waals surface area (Å²) in [7, 11) is 0. The number of amides is 1. The zero-order valence-electron chi connectivity index (χ0n) is 14.4. The quantitative estimate of drug-likeness (QED) is 0.860. The summed E-state index contributed by atoms with van der Waals surface area (Å²) in [5.41, 5.74) is 1.48. The van der Waals surface area contributed by atoms with Crippen LogP contribution < -0.4 is 4.90 Å². The Kier molecular flexibility index (Phi) is 4.32. The summed E-state index contributed by atoms with van der Waals surface area (Å²) in [6.45, 7) is 2.45. The van der Waals surface area contributed by atoms with Crippen LogP contribution in [-0.2, 0) is 17.8 Å². The molecule has 0 aromatic carbocycles. The van der Waals surface area contributed by atoms with E-state index in [1.165, 1.54) is 0 Å². The zero-order valence-corrected chi connectivity index (χ0v) is 14.4. The number of carboxylic acids is 1. The molecule has 2 aromatic heterocycles. The molecule has 4 heterocycles. The topological polar surface area (TPSA) is 102 Å². The molecule has 0 radical (unpaired) electrons. The fourth-order valence-electron chi connectivity index (χ4n) is 3.85. The lowest BCUT2D eigenvalue weighted by atomic mass is 9.95. The van der Waals surface area contributed by atoms with Crippen LogP contribution in [0.1, 0.15) is 34.6 Å². The molecular weight excluding hydrogens is 334 g/mol. The number of rotatable bonds is 3. The number of hydrogen-bond donors (Lipinski definition) is 2. The minimum atomic E-state index is -1.06. The van der Waals surface area contributed by atoms with Crippen molar-refractivity contribution in [1.82, 2.24) is 20.1 Å². The molecule has 1 atom stereocenters. The molecule has 1 saturated heterocycles. The van der Waals surface area contributed by atoms with Gasteiger partial charge in [-0.3, -0.25) is 9.89 Å². The molecule has 2 aliphatic rings. The highest BCUT2D eigenvalue weighted by Gasteiger charge is 2.33. The number of anilines is 1. The largest absolute Gasteiger partial charge is 0.476 e. The van der Waals surface area contributed by atoms with Crippen LogP contribution in [-0.4, -0.2) is 56.7 Å². The maximum absolute atomic E-state index is 13.0. The molecule has 8 heteroatoms. The molecule has 0 saturated carbocycles. The van der Waals surface area contributed by atoms with Gasteiger partial charge in [-0.15, -0.1) is 0 Å². The number of carbonyl (C=O) groups excluding carboxylic acids is 1. The molecule has 1 amide bonds. The average molecular weight is 355 g/mol. The van der Waals surface area contributed by atoms with E-state index >= 15 is 0 Å². The standard InChI is InChI=1S/C18H21N5O3/c24-17(12-4-3-8-22(10-12)15-5-1-2-7-19-15)23-9-6-14-13(11-23)16(18(25)26)21-20-14/h1-2,5,7,12H,3-4,6,8-11H2,(H,20,21)(H,25,26). The second kappa shape index (κ2) is 6.78. The van der Waals surface area contributed by atoms with Gasteiger partial charge in [0.2, 0.25) is 5.91 Å². The van der Waals surface area contributed by atoms with E-state index in [4.69, 9.17) is 0 Å². The Hall–Kier alpha value is -2.90. The number of H-pyrrole nitrogens is 1. The van der Waals surface area contributed by atoms with Crippen LogP contribution in [0.15, 0.2) is 24.4 Å². The van der Waals surface area contributed by atoms with Gasteiger partial charge in [0.25, 0.3) is 0 Å². The van der Waals surface area contributed by atoms with Gasteiger partial charge in [-0.05, 0) is 25.0 Å². The van der Waals surface area contributed by atoms with Crippen LogP contribution >= 0.6 is 0 Å². The Bertz CT molecular complexity index is 819. The highest BCUT2D eigenvalue weighted by Crippen LogP contribution is 2.26. The molecule has 4 rings (SSSR count). The second-order valence-electron chi connectivity index (χ2n) is 6.82. The van der Waals surface area contributed by atoms with E-state index in [0.29, 0.717) is 31.6 Å². The predicted molar refractivity (Wildman–Crippen MR) is 93.8 cm³/mol. The monoisotopic (exact) mass is 355 g/mol. The normalized spacial score (nSPS) is 19.9. The smallest absolute Gasteiger partial charge is 0.356 e. The van der Waals surface area contributed by atoms with Crippen LogP contribution in [0.5, 0.6) is 0 Å². The number of pyridine rings is 1. The van der Waals surface area contributed by atoms with E-state index in [2.05, 4.69) is 20.1 Å². The number of aromatic amines is 1. The first-order chi connectivity index (χ1) is 12.6. The number of carboxylic acid groups (broad SMARTS) is 1. The first-order valence-corrected chi connectivity index (χ1v) is 8.87. The van der Waals surface area contributed by atoms with Gasteiger partial charge < -0.3 is 14.9 Å². The number of aromatic carboxylic acids is 1. The number of nitrogens with zero attached hydrogens (tertiary/aromatic N) is 4. The molecule has 1 unspecified atom stereocenters. The molecule has 2 N–H and O–H groups in total. The molecule has 0 bridgehead atoms. The highest BCUT2D eigenvalue weighted by molar-refractivity contribution is 5.88. The maximum Gasteiger partial charge on any atom is 0.356 e. The van der Waals surface area contributed by atoms with Gasteiger partial charge >= 0.3 is 5.97 Å². The fourth-order valence-corrected chi connectivity index (χ4v) is 3.85. The highest BCUT2D eigenvalue weighted by atomic mass is 16.4. The van der Waals surface area contributed by atoms with Gasteiger partial charge in [0.1, 0.15) is 5.82 Å². The van der Waals surface area contributed by atoms with Gasteiger partial charge in [0, 0.05) is 50.1 Å². The number of carbonyl (C=O) groups is 2. The molecule has 0 spiro atoms. The Morgan fingerprint density at radius 1 is 1.27 bits per heavy atom. The van der Waals surface area contributed by atoms with Crippen molar-refractivity contribution < 1.29 is 14.7 Å². The lowest BCUT2D eigenvalue weighted by molar-refractivity contribution is -0.136. The summed E-state index contributed by atoms with van der Waals surface area (Å²) in [4.78, 5) is 32.7. The Morgan fingerprint density at radius 2 is 2.15 bits per heavy atom. The summed E-state index contributed by atoms with van der Waals surface area (Å²) in [6.07, 6.45) is 4.16. The minimum Gasteiger partial charge on any atom is -0.476 e. The minimum absolute atomic E-state index is 0.0243. The van der Waals surface area contributed by atoms with E-state index in [9.17, 15) is 14.7 Å². The van der Waals surface area contributed by atoms with Gasteiger partial charge in [0.05, 0.1) is 5.92 Å². The van der Waals surface area contributed by atoms with Gasteiger partial charge in [-0.25, -0.2) is 9.78 Å². The number of piperidine rings is 1. The van der Waals surface area contributed by atoms with Crippen molar-refractivity contribution in [2.75, 3.05) is 24.5 Å². The van der Waals surface area contributed by atoms with Crippen molar-refractivity contribution in [3.8, 4) is 0 Å². The molecule has 2 aliphatic heterocycles. The SMILES string of the molecule is O=C(O)c1n[nH]c2c1CN(C(=O)C1CCCN(c3ccccn3)C1)CC2. The van der Waals surface area contributed by atoms with Crippen LogP contribution in [0.3, 0.4) is 0 Å². The fraction of sp³-hybridized carbons (Fsp3) is 0.444. The number of aromatic nitrogens is 3. The third-order valence-corrected chi connectivity index (χ3v) is 5.19. The van der Waals surface area contributed by atoms with E-state index in [0.717, 1.165) is 30.9 Å². The van der Waals surface area contributed by atoms with Crippen molar-refractivity contribution in [1.29, 1.82) is 0 Å². The van der Waals surface area contributed by atoms with E-state index in [-0.39, 0.29) is 17.5 Å². The van der Waals surface area contributed by atoms with Crippen molar-refractivity contribution in [3.63, 3.8) is 0 Å². The zero-order chi connectivity index (χ0) is 18.1. The average Bonchev–Trinajstić information content (AvgIpc) is 3.11. The molecule has 8 nitrogen and oxygen atoms in total. The Labute approximate surface area is 150 Å². The summed E-state index contributed by atoms with van der Waals surface area (Å²) in [6, 6.07) is 5.79. The molecule has 2 aromatic rings. The van der Waals surface area contributed by atoms with Gasteiger partial charge in [0.15, 0.2) is 5.69 Å². The third kappa shape index (κ3) is 3.02. The first-order valence-electron chi connectivity index (χ1n) is 8.87. The van der Waals surface area contributed by atoms with E-state index in [1.807, 2.05) is 18.2 Å². The lowest BCUT2D eigenvalue weighted by Crippen LogP contribution is -2.46. The van der Waals surface area contributed by atoms with Crippen LogP contribution in [0.2, 0.25) is 0 Å². The molecular formula is C18H21N5O3. The molecule has 136 valence electrons. The molecule has 26 heavy (non-hydrogen) atoms. The number of nitrogens with one attached hydrogen (secondary N) is 1.